The van der Waals surface area contributed by atoms with Gasteiger partial charge in [0.25, 0.3) is 0 Å². The summed E-state index contributed by atoms with van der Waals surface area (Å²) in [5.41, 5.74) is 2.45. The van der Waals surface area contributed by atoms with Crippen molar-refractivity contribution in [1.82, 2.24) is 24.8 Å². The van der Waals surface area contributed by atoms with Gasteiger partial charge in [-0.15, -0.1) is 0 Å². The largest absolute Gasteiger partial charge is 0.348 e. The van der Waals surface area contributed by atoms with E-state index in [0.717, 1.165) is 43.4 Å². The number of imidazole rings is 1. The van der Waals surface area contributed by atoms with E-state index in [-0.39, 0.29) is 0 Å². The number of rotatable bonds is 2. The second kappa shape index (κ2) is 4.25. The van der Waals surface area contributed by atoms with E-state index in [1.54, 1.807) is 6.20 Å². The van der Waals surface area contributed by atoms with Crippen LogP contribution in [0.25, 0.3) is 0 Å². The summed E-state index contributed by atoms with van der Waals surface area (Å²) in [6.07, 6.45) is 6.64. The number of fused-ring (bicyclic) bond motifs is 1. The summed E-state index contributed by atoms with van der Waals surface area (Å²) in [7, 11) is 0. The Kier molecular flexibility index (Phi) is 2.60. The lowest BCUT2D eigenvalue weighted by atomic mass is 10.1. The number of aromatic amines is 1. The van der Waals surface area contributed by atoms with Gasteiger partial charge in [0.15, 0.2) is 0 Å². The minimum absolute atomic E-state index is 0.851. The van der Waals surface area contributed by atoms with E-state index < -0.39 is 0 Å². The van der Waals surface area contributed by atoms with Gasteiger partial charge in [-0.1, -0.05) is 0 Å². The van der Waals surface area contributed by atoms with Crippen LogP contribution in [0.5, 0.6) is 0 Å². The number of nitrogens with zero attached hydrogens (tertiary/aromatic N) is 4. The van der Waals surface area contributed by atoms with Gasteiger partial charge in [-0.05, 0) is 18.9 Å². The maximum absolute atomic E-state index is 4.51. The van der Waals surface area contributed by atoms with Crippen LogP contribution in [0.3, 0.4) is 0 Å². The lowest BCUT2D eigenvalue weighted by molar-refractivity contribution is 0.235. The van der Waals surface area contributed by atoms with Gasteiger partial charge < -0.3 is 4.98 Å². The van der Waals surface area contributed by atoms with E-state index in [1.807, 2.05) is 19.3 Å². The van der Waals surface area contributed by atoms with E-state index in [0.29, 0.717) is 0 Å². The maximum Gasteiger partial charge on any atom is 0.125 e. The molecule has 2 aromatic rings. The summed E-state index contributed by atoms with van der Waals surface area (Å²) in [4.78, 5) is 18.5. The fraction of sp³-hybridized carbons (Fsp3) is 0.417. The van der Waals surface area contributed by atoms with E-state index in [1.165, 1.54) is 5.56 Å². The fourth-order valence-corrected chi connectivity index (χ4v) is 2.19. The van der Waals surface area contributed by atoms with Crippen LogP contribution in [0.15, 0.2) is 18.6 Å². The van der Waals surface area contributed by atoms with Gasteiger partial charge in [0.1, 0.15) is 11.6 Å². The van der Waals surface area contributed by atoms with Crippen LogP contribution in [0, 0.1) is 6.92 Å². The lowest BCUT2D eigenvalue weighted by Crippen LogP contribution is -2.31. The second-order valence-corrected chi connectivity index (χ2v) is 4.39. The van der Waals surface area contributed by atoms with Gasteiger partial charge in [-0.2, -0.15) is 0 Å². The third kappa shape index (κ3) is 2.19. The first-order valence-electron chi connectivity index (χ1n) is 5.83. The summed E-state index contributed by atoms with van der Waals surface area (Å²) < 4.78 is 0. The fourth-order valence-electron chi connectivity index (χ4n) is 2.19. The van der Waals surface area contributed by atoms with Crippen LogP contribution >= 0.6 is 0 Å². The van der Waals surface area contributed by atoms with Gasteiger partial charge >= 0.3 is 0 Å². The predicted molar refractivity (Wildman–Crippen MR) is 63.2 cm³/mol. The standard InChI is InChI=1S/C12H15N5/c1-9-15-6-10-2-5-17(7-11(10)16-9)8-12-13-3-4-14-12/h3-4,6H,2,5,7-8H2,1H3,(H,13,14). The molecule has 0 aliphatic carbocycles. The van der Waals surface area contributed by atoms with Crippen LogP contribution in [-0.4, -0.2) is 31.4 Å². The SMILES string of the molecule is Cc1ncc2c(n1)CN(Cc1ncc[nH]1)CC2. The van der Waals surface area contributed by atoms with Crippen molar-refractivity contribution in [3.8, 4) is 0 Å². The highest BCUT2D eigenvalue weighted by Gasteiger charge is 2.18. The summed E-state index contributed by atoms with van der Waals surface area (Å²) in [5, 5.41) is 0. The highest BCUT2D eigenvalue weighted by atomic mass is 15.2. The molecule has 0 unspecified atom stereocenters. The monoisotopic (exact) mass is 229 g/mol. The van der Waals surface area contributed by atoms with Crippen molar-refractivity contribution in [2.45, 2.75) is 26.4 Å². The van der Waals surface area contributed by atoms with Crippen LogP contribution in [-0.2, 0) is 19.5 Å². The third-order valence-electron chi connectivity index (χ3n) is 3.07. The van der Waals surface area contributed by atoms with Gasteiger partial charge in [0.05, 0.1) is 12.2 Å². The Hall–Kier alpha value is -1.75. The average molecular weight is 229 g/mol. The van der Waals surface area contributed by atoms with Gasteiger partial charge in [0, 0.05) is 31.7 Å². The maximum atomic E-state index is 4.51. The molecule has 1 aliphatic rings. The normalized spacial score (nSPS) is 15.8. The zero-order chi connectivity index (χ0) is 11.7. The third-order valence-corrected chi connectivity index (χ3v) is 3.07. The van der Waals surface area contributed by atoms with E-state index in [2.05, 4.69) is 24.8 Å². The number of aromatic nitrogens is 4. The lowest BCUT2D eigenvalue weighted by Gasteiger charge is -2.26. The molecule has 3 rings (SSSR count). The number of hydrogen-bond donors (Lipinski definition) is 1. The molecule has 0 spiro atoms. The predicted octanol–water partition coefficient (Wildman–Crippen LogP) is 1.07. The smallest absolute Gasteiger partial charge is 0.125 e. The molecule has 0 amide bonds. The van der Waals surface area contributed by atoms with Gasteiger partial charge in [-0.3, -0.25) is 4.90 Å². The average Bonchev–Trinajstić information content (AvgIpc) is 2.81. The molecule has 0 radical (unpaired) electrons. The van der Waals surface area contributed by atoms with Crippen molar-refractivity contribution in [3.63, 3.8) is 0 Å². The summed E-state index contributed by atoms with van der Waals surface area (Å²) >= 11 is 0. The molecule has 0 fully saturated rings. The van der Waals surface area contributed by atoms with Crippen molar-refractivity contribution < 1.29 is 0 Å². The van der Waals surface area contributed by atoms with Gasteiger partial charge in [-0.25, -0.2) is 15.0 Å². The van der Waals surface area contributed by atoms with Crippen LogP contribution in [0.2, 0.25) is 0 Å². The molecule has 5 nitrogen and oxygen atoms in total. The number of hydrogen-bond acceptors (Lipinski definition) is 4. The van der Waals surface area contributed by atoms with Crippen LogP contribution < -0.4 is 0 Å². The Labute approximate surface area is 99.9 Å². The first kappa shape index (κ1) is 10.4. The molecule has 17 heavy (non-hydrogen) atoms. The van der Waals surface area contributed by atoms with Crippen molar-refractivity contribution in [3.05, 3.63) is 41.5 Å². The Morgan fingerprint density at radius 3 is 3.18 bits per heavy atom. The quantitative estimate of drug-likeness (QED) is 0.836. The van der Waals surface area contributed by atoms with Crippen molar-refractivity contribution in [2.24, 2.45) is 0 Å². The first-order valence-corrected chi connectivity index (χ1v) is 5.83. The molecule has 3 heterocycles. The van der Waals surface area contributed by atoms with Crippen molar-refractivity contribution in [2.75, 3.05) is 6.54 Å². The summed E-state index contributed by atoms with van der Waals surface area (Å²) in [5.74, 6) is 1.86. The number of aryl methyl sites for hydroxylation is 1. The van der Waals surface area contributed by atoms with E-state index >= 15 is 0 Å². The number of H-pyrrole nitrogens is 1. The van der Waals surface area contributed by atoms with Crippen molar-refractivity contribution in [1.29, 1.82) is 0 Å². The molecule has 1 aliphatic heterocycles. The topological polar surface area (TPSA) is 57.7 Å². The highest BCUT2D eigenvalue weighted by Crippen LogP contribution is 2.17. The molecular formula is C12H15N5. The summed E-state index contributed by atoms with van der Waals surface area (Å²) in [6, 6.07) is 0. The zero-order valence-electron chi connectivity index (χ0n) is 9.85. The number of nitrogens with one attached hydrogen (secondary N) is 1. The molecule has 0 bridgehead atoms. The Morgan fingerprint density at radius 1 is 1.41 bits per heavy atom. The molecule has 1 N–H and O–H groups in total. The highest BCUT2D eigenvalue weighted by molar-refractivity contribution is 5.20. The van der Waals surface area contributed by atoms with Crippen LogP contribution in [0.1, 0.15) is 22.9 Å². The Morgan fingerprint density at radius 2 is 2.35 bits per heavy atom. The molecule has 0 aromatic carbocycles. The van der Waals surface area contributed by atoms with Gasteiger partial charge in [0.2, 0.25) is 0 Å². The van der Waals surface area contributed by atoms with Crippen molar-refractivity contribution >= 4 is 0 Å². The molecule has 0 saturated carbocycles. The molecule has 0 saturated heterocycles. The molecule has 2 aromatic heterocycles. The zero-order valence-corrected chi connectivity index (χ0v) is 9.85. The van der Waals surface area contributed by atoms with E-state index in [9.17, 15) is 0 Å². The van der Waals surface area contributed by atoms with E-state index in [4.69, 9.17) is 0 Å². The minimum atomic E-state index is 0.851. The molecule has 5 heteroatoms. The summed E-state index contributed by atoms with van der Waals surface area (Å²) in [6.45, 7) is 4.72. The first-order chi connectivity index (χ1) is 8.31. The molecular weight excluding hydrogens is 214 g/mol. The minimum Gasteiger partial charge on any atom is -0.348 e. The molecule has 88 valence electrons. The Balaban J connectivity index is 1.76. The van der Waals surface area contributed by atoms with Crippen LogP contribution in [0.4, 0.5) is 0 Å². The second-order valence-electron chi connectivity index (χ2n) is 4.39. The Bertz CT molecular complexity index is 506. The molecule has 0 atom stereocenters.